The molecule has 0 spiro atoms. The number of hydrogen-bond donors (Lipinski definition) is 0. The molecular formula is C25H26N6O3. The number of aromatic nitrogens is 5. The van der Waals surface area contributed by atoms with E-state index < -0.39 is 0 Å². The van der Waals surface area contributed by atoms with Crippen LogP contribution in [0.15, 0.2) is 59.5 Å². The van der Waals surface area contributed by atoms with Crippen molar-refractivity contribution in [1.82, 2.24) is 30.0 Å². The molecule has 0 N–H and O–H groups in total. The van der Waals surface area contributed by atoms with Crippen molar-refractivity contribution in [2.45, 2.75) is 45.8 Å². The van der Waals surface area contributed by atoms with Gasteiger partial charge >= 0.3 is 0 Å². The number of carbonyl (C=O) groups is 1. The zero-order chi connectivity index (χ0) is 23.7. The quantitative estimate of drug-likeness (QED) is 0.422. The largest absolute Gasteiger partial charge is 0.474 e. The van der Waals surface area contributed by atoms with Crippen molar-refractivity contribution >= 4 is 5.91 Å². The number of aryl methyl sites for hydroxylation is 1. The standard InChI is InChI=1S/C25H26N6O3/c1-16(2)33-24-18(6-4-10-26-24)20-15-23(34-29-20)22-7-5-13-30(22)25(32)19-14-17(3)8-9-21(19)31-27-11-12-28-31/h4,6,8-12,14-16,22H,5,7,13H2,1-3H3. The van der Waals surface area contributed by atoms with Crippen LogP contribution in [0.25, 0.3) is 16.9 Å². The number of rotatable bonds is 6. The molecule has 3 aromatic heterocycles. The first-order valence-electron chi connectivity index (χ1n) is 11.4. The topological polar surface area (TPSA) is 99.2 Å². The third kappa shape index (κ3) is 4.16. The average molecular weight is 459 g/mol. The fraction of sp³-hybridized carbons (Fsp3) is 0.320. The summed E-state index contributed by atoms with van der Waals surface area (Å²) in [7, 11) is 0. The Labute approximate surface area is 197 Å². The monoisotopic (exact) mass is 458 g/mol. The molecule has 1 amide bonds. The van der Waals surface area contributed by atoms with Crippen LogP contribution in [0.2, 0.25) is 0 Å². The van der Waals surface area contributed by atoms with E-state index in [0.717, 1.165) is 24.0 Å². The van der Waals surface area contributed by atoms with Crippen LogP contribution in [-0.4, -0.2) is 48.6 Å². The lowest BCUT2D eigenvalue weighted by atomic mass is 10.1. The van der Waals surface area contributed by atoms with Crippen LogP contribution in [0.1, 0.15) is 54.4 Å². The Kier molecular flexibility index (Phi) is 5.83. The van der Waals surface area contributed by atoms with Crippen molar-refractivity contribution in [3.05, 3.63) is 71.9 Å². The van der Waals surface area contributed by atoms with Crippen molar-refractivity contribution in [3.63, 3.8) is 0 Å². The molecular weight excluding hydrogens is 432 g/mol. The molecule has 1 atom stereocenters. The van der Waals surface area contributed by atoms with Gasteiger partial charge in [0.15, 0.2) is 5.76 Å². The maximum Gasteiger partial charge on any atom is 0.256 e. The molecule has 34 heavy (non-hydrogen) atoms. The highest BCUT2D eigenvalue weighted by molar-refractivity contribution is 5.98. The van der Waals surface area contributed by atoms with E-state index in [1.54, 1.807) is 18.6 Å². The molecule has 1 aliphatic rings. The molecule has 1 aromatic carbocycles. The highest BCUT2D eigenvalue weighted by Crippen LogP contribution is 2.37. The second kappa shape index (κ2) is 9.09. The summed E-state index contributed by atoms with van der Waals surface area (Å²) in [5.41, 5.74) is 3.59. The fourth-order valence-electron chi connectivity index (χ4n) is 4.27. The van der Waals surface area contributed by atoms with Crippen molar-refractivity contribution in [2.24, 2.45) is 0 Å². The second-order valence-corrected chi connectivity index (χ2v) is 8.63. The van der Waals surface area contributed by atoms with E-state index in [1.807, 2.05) is 62.1 Å². The normalized spacial score (nSPS) is 15.8. The van der Waals surface area contributed by atoms with E-state index >= 15 is 0 Å². The maximum atomic E-state index is 13.7. The fourth-order valence-corrected chi connectivity index (χ4v) is 4.27. The number of carbonyl (C=O) groups excluding carboxylic acids is 1. The number of pyridine rings is 1. The summed E-state index contributed by atoms with van der Waals surface area (Å²) in [6.45, 7) is 6.50. The summed E-state index contributed by atoms with van der Waals surface area (Å²) < 4.78 is 11.6. The Morgan fingerprint density at radius 1 is 1.15 bits per heavy atom. The third-order valence-corrected chi connectivity index (χ3v) is 5.78. The zero-order valence-electron chi connectivity index (χ0n) is 19.4. The van der Waals surface area contributed by atoms with E-state index in [1.165, 1.54) is 4.80 Å². The summed E-state index contributed by atoms with van der Waals surface area (Å²) in [5.74, 6) is 1.07. The lowest BCUT2D eigenvalue weighted by Gasteiger charge is -2.24. The van der Waals surface area contributed by atoms with E-state index in [0.29, 0.717) is 35.1 Å². The molecule has 1 saturated heterocycles. The number of ether oxygens (including phenoxy) is 1. The third-order valence-electron chi connectivity index (χ3n) is 5.78. The van der Waals surface area contributed by atoms with Crippen LogP contribution in [0.4, 0.5) is 0 Å². The molecule has 9 nitrogen and oxygen atoms in total. The van der Waals surface area contributed by atoms with Gasteiger partial charge in [-0.1, -0.05) is 16.8 Å². The summed E-state index contributed by atoms with van der Waals surface area (Å²) >= 11 is 0. The Balaban J connectivity index is 1.45. The van der Waals surface area contributed by atoms with E-state index in [9.17, 15) is 4.79 Å². The Hall–Kier alpha value is -4.01. The van der Waals surface area contributed by atoms with Gasteiger partial charge in [0.25, 0.3) is 5.91 Å². The molecule has 1 fully saturated rings. The minimum absolute atomic E-state index is 0.0178. The highest BCUT2D eigenvalue weighted by Gasteiger charge is 2.35. The van der Waals surface area contributed by atoms with Gasteiger partial charge in [0.05, 0.1) is 41.4 Å². The van der Waals surface area contributed by atoms with Crippen LogP contribution < -0.4 is 4.74 Å². The van der Waals surface area contributed by atoms with Gasteiger partial charge in [-0.05, 0) is 57.9 Å². The van der Waals surface area contributed by atoms with Crippen molar-refractivity contribution in [2.75, 3.05) is 6.54 Å². The Morgan fingerprint density at radius 2 is 1.97 bits per heavy atom. The van der Waals surface area contributed by atoms with Crippen molar-refractivity contribution in [1.29, 1.82) is 0 Å². The van der Waals surface area contributed by atoms with Crippen LogP contribution >= 0.6 is 0 Å². The van der Waals surface area contributed by atoms with Gasteiger partial charge in [-0.2, -0.15) is 15.0 Å². The molecule has 4 aromatic rings. The summed E-state index contributed by atoms with van der Waals surface area (Å²) in [6, 6.07) is 11.1. The minimum atomic E-state index is -0.209. The van der Waals surface area contributed by atoms with Gasteiger partial charge in [0, 0.05) is 18.8 Å². The minimum Gasteiger partial charge on any atom is -0.474 e. The number of benzene rings is 1. The zero-order valence-corrected chi connectivity index (χ0v) is 19.4. The summed E-state index contributed by atoms with van der Waals surface area (Å²) in [6.07, 6.45) is 6.53. The van der Waals surface area contributed by atoms with E-state index in [-0.39, 0.29) is 18.1 Å². The first-order chi connectivity index (χ1) is 16.5. The molecule has 4 heterocycles. The van der Waals surface area contributed by atoms with E-state index in [4.69, 9.17) is 9.26 Å². The SMILES string of the molecule is Cc1ccc(-n2nccn2)c(C(=O)N2CCCC2c2cc(-c3cccnc3OC(C)C)no2)c1. The molecule has 0 saturated carbocycles. The van der Waals surface area contributed by atoms with Crippen LogP contribution in [0, 0.1) is 6.92 Å². The molecule has 5 rings (SSSR count). The van der Waals surface area contributed by atoms with Gasteiger partial charge in [-0.3, -0.25) is 4.79 Å². The Bertz CT molecular complexity index is 1300. The number of likely N-dealkylation sites (tertiary alicyclic amines) is 1. The molecule has 174 valence electrons. The predicted octanol–water partition coefficient (Wildman–Crippen LogP) is 4.39. The number of hydrogen-bond acceptors (Lipinski definition) is 7. The molecule has 0 aliphatic carbocycles. The van der Waals surface area contributed by atoms with Gasteiger partial charge in [-0.15, -0.1) is 0 Å². The predicted molar refractivity (Wildman–Crippen MR) is 125 cm³/mol. The molecule has 9 heteroatoms. The van der Waals surface area contributed by atoms with Crippen LogP contribution in [-0.2, 0) is 0 Å². The van der Waals surface area contributed by atoms with Crippen molar-refractivity contribution in [3.8, 4) is 22.8 Å². The van der Waals surface area contributed by atoms with Gasteiger partial charge in [0.1, 0.15) is 5.69 Å². The van der Waals surface area contributed by atoms with Gasteiger partial charge in [0.2, 0.25) is 5.88 Å². The van der Waals surface area contributed by atoms with Gasteiger partial charge < -0.3 is 14.2 Å². The molecule has 1 aliphatic heterocycles. The first kappa shape index (κ1) is 21.8. The number of nitrogens with zero attached hydrogens (tertiary/aromatic N) is 6. The Morgan fingerprint density at radius 3 is 2.76 bits per heavy atom. The lowest BCUT2D eigenvalue weighted by Crippen LogP contribution is -2.31. The van der Waals surface area contributed by atoms with Gasteiger partial charge in [-0.25, -0.2) is 4.98 Å². The summed E-state index contributed by atoms with van der Waals surface area (Å²) in [5, 5.41) is 12.7. The van der Waals surface area contributed by atoms with Crippen LogP contribution in [0.3, 0.4) is 0 Å². The number of amides is 1. The lowest BCUT2D eigenvalue weighted by molar-refractivity contribution is 0.0714. The molecule has 0 bridgehead atoms. The smallest absolute Gasteiger partial charge is 0.256 e. The first-order valence-corrected chi connectivity index (χ1v) is 11.4. The van der Waals surface area contributed by atoms with Crippen molar-refractivity contribution < 1.29 is 14.1 Å². The highest BCUT2D eigenvalue weighted by atomic mass is 16.5. The second-order valence-electron chi connectivity index (χ2n) is 8.63. The molecule has 0 radical (unpaired) electrons. The maximum absolute atomic E-state index is 13.7. The van der Waals surface area contributed by atoms with Crippen LogP contribution in [0.5, 0.6) is 5.88 Å². The summed E-state index contributed by atoms with van der Waals surface area (Å²) in [4.78, 5) is 21.4. The molecule has 1 unspecified atom stereocenters. The average Bonchev–Trinajstić information content (AvgIpc) is 3.60. The van der Waals surface area contributed by atoms with E-state index in [2.05, 4.69) is 20.3 Å².